The third-order valence-corrected chi connectivity index (χ3v) is 2.55. The number of hydrogen-bond acceptors (Lipinski definition) is 3. The number of carbonyl (C=O) groups is 2. The van der Waals surface area contributed by atoms with Crippen molar-refractivity contribution in [2.24, 2.45) is 0 Å². The zero-order chi connectivity index (χ0) is 11.3. The van der Waals surface area contributed by atoms with Crippen LogP contribution in [-0.4, -0.2) is 48.1 Å². The first kappa shape index (κ1) is 12.0. The number of likely N-dealkylation sites (tertiary alicyclic amines) is 1. The highest BCUT2D eigenvalue weighted by Gasteiger charge is 2.20. The first-order valence-corrected chi connectivity index (χ1v) is 5.27. The van der Waals surface area contributed by atoms with E-state index in [0.29, 0.717) is 12.8 Å². The third kappa shape index (κ3) is 4.78. The molecule has 0 aromatic rings. The van der Waals surface area contributed by atoms with Gasteiger partial charge in [0.2, 0.25) is 5.91 Å². The highest BCUT2D eigenvalue weighted by atomic mass is 16.4. The largest absolute Gasteiger partial charge is 0.481 e. The second kappa shape index (κ2) is 5.70. The number of amides is 1. The molecule has 1 saturated heterocycles. The lowest BCUT2D eigenvalue weighted by atomic mass is 10.2. The van der Waals surface area contributed by atoms with Gasteiger partial charge < -0.3 is 15.3 Å². The molecule has 5 heteroatoms. The number of carbonyl (C=O) groups excluding carboxylic acids is 1. The minimum Gasteiger partial charge on any atom is -0.481 e. The van der Waals surface area contributed by atoms with Crippen LogP contribution < -0.4 is 5.32 Å². The molecule has 0 bridgehead atoms. The summed E-state index contributed by atoms with van der Waals surface area (Å²) < 4.78 is 0. The molecule has 1 aliphatic heterocycles. The van der Waals surface area contributed by atoms with Gasteiger partial charge in [0, 0.05) is 25.4 Å². The quantitative estimate of drug-likeness (QED) is 0.679. The summed E-state index contributed by atoms with van der Waals surface area (Å²) in [6.07, 6.45) is 1.79. The van der Waals surface area contributed by atoms with Crippen LogP contribution in [0, 0.1) is 0 Å². The van der Waals surface area contributed by atoms with E-state index >= 15 is 0 Å². The summed E-state index contributed by atoms with van der Waals surface area (Å²) in [4.78, 5) is 23.8. The lowest BCUT2D eigenvalue weighted by Gasteiger charge is -2.12. The van der Waals surface area contributed by atoms with E-state index in [1.54, 1.807) is 0 Å². The van der Waals surface area contributed by atoms with E-state index in [1.807, 2.05) is 7.05 Å². The Bertz CT molecular complexity index is 243. The SMILES string of the molecule is CN1CCC(NC(=O)CCCC(=O)O)C1. The molecule has 0 spiro atoms. The second-order valence-electron chi connectivity index (χ2n) is 4.06. The number of nitrogens with zero attached hydrogens (tertiary/aromatic N) is 1. The van der Waals surface area contributed by atoms with Crippen molar-refractivity contribution in [3.63, 3.8) is 0 Å². The molecule has 0 radical (unpaired) electrons. The topological polar surface area (TPSA) is 69.6 Å². The van der Waals surface area contributed by atoms with Crippen molar-refractivity contribution < 1.29 is 14.7 Å². The Morgan fingerprint density at radius 3 is 2.73 bits per heavy atom. The molecule has 1 rings (SSSR count). The van der Waals surface area contributed by atoms with Crippen molar-refractivity contribution in [1.82, 2.24) is 10.2 Å². The monoisotopic (exact) mass is 214 g/mol. The highest BCUT2D eigenvalue weighted by Crippen LogP contribution is 2.06. The summed E-state index contributed by atoms with van der Waals surface area (Å²) >= 11 is 0. The van der Waals surface area contributed by atoms with Crippen LogP contribution in [0.1, 0.15) is 25.7 Å². The van der Waals surface area contributed by atoms with Gasteiger partial charge >= 0.3 is 5.97 Å². The zero-order valence-corrected chi connectivity index (χ0v) is 9.03. The van der Waals surface area contributed by atoms with Crippen LogP contribution in [0.5, 0.6) is 0 Å². The number of likely N-dealkylation sites (N-methyl/N-ethyl adjacent to an activating group) is 1. The lowest BCUT2D eigenvalue weighted by Crippen LogP contribution is -2.36. The Hall–Kier alpha value is -1.10. The summed E-state index contributed by atoms with van der Waals surface area (Å²) in [5.74, 6) is -0.875. The molecule has 86 valence electrons. The van der Waals surface area contributed by atoms with E-state index in [-0.39, 0.29) is 18.4 Å². The Morgan fingerprint density at radius 1 is 1.47 bits per heavy atom. The smallest absolute Gasteiger partial charge is 0.303 e. The Balaban J connectivity index is 2.10. The predicted octanol–water partition coefficient (Wildman–Crippen LogP) is 0.0616. The van der Waals surface area contributed by atoms with Gasteiger partial charge in [0.1, 0.15) is 0 Å². The fraction of sp³-hybridized carbons (Fsp3) is 0.800. The van der Waals surface area contributed by atoms with Crippen LogP contribution in [0.3, 0.4) is 0 Å². The standard InChI is InChI=1S/C10H18N2O3/c1-12-6-5-8(7-12)11-9(13)3-2-4-10(14)15/h8H,2-7H2,1H3,(H,11,13)(H,14,15). The zero-order valence-electron chi connectivity index (χ0n) is 9.03. The van der Waals surface area contributed by atoms with Gasteiger partial charge in [0.25, 0.3) is 0 Å². The summed E-state index contributed by atoms with van der Waals surface area (Å²) in [5.41, 5.74) is 0. The Morgan fingerprint density at radius 2 is 2.20 bits per heavy atom. The minimum absolute atomic E-state index is 0.0310. The molecule has 2 N–H and O–H groups in total. The number of hydrogen-bond donors (Lipinski definition) is 2. The average Bonchev–Trinajstić information content (AvgIpc) is 2.50. The van der Waals surface area contributed by atoms with Crippen molar-refractivity contribution in [3.05, 3.63) is 0 Å². The van der Waals surface area contributed by atoms with Gasteiger partial charge in [-0.15, -0.1) is 0 Å². The molecule has 0 aliphatic carbocycles. The first-order valence-electron chi connectivity index (χ1n) is 5.27. The minimum atomic E-state index is -0.844. The number of aliphatic carboxylic acids is 1. The molecular formula is C10H18N2O3. The fourth-order valence-electron chi connectivity index (χ4n) is 1.75. The van der Waals surface area contributed by atoms with E-state index in [9.17, 15) is 9.59 Å². The van der Waals surface area contributed by atoms with Crippen molar-refractivity contribution in [3.8, 4) is 0 Å². The van der Waals surface area contributed by atoms with E-state index in [0.717, 1.165) is 19.5 Å². The fourth-order valence-corrected chi connectivity index (χ4v) is 1.75. The number of carboxylic acid groups (broad SMARTS) is 1. The second-order valence-corrected chi connectivity index (χ2v) is 4.06. The van der Waals surface area contributed by atoms with Gasteiger partial charge in [-0.3, -0.25) is 9.59 Å². The molecule has 1 unspecified atom stereocenters. The van der Waals surface area contributed by atoms with Crippen molar-refractivity contribution in [2.75, 3.05) is 20.1 Å². The molecule has 1 atom stereocenters. The van der Waals surface area contributed by atoms with Crippen LogP contribution in [0.4, 0.5) is 0 Å². The van der Waals surface area contributed by atoms with Crippen molar-refractivity contribution >= 4 is 11.9 Å². The summed E-state index contributed by atoms with van der Waals surface area (Å²) in [5, 5.41) is 11.3. The first-order chi connectivity index (χ1) is 7.08. The third-order valence-electron chi connectivity index (χ3n) is 2.55. The van der Waals surface area contributed by atoms with Crippen molar-refractivity contribution in [2.45, 2.75) is 31.7 Å². The van der Waals surface area contributed by atoms with Gasteiger partial charge in [-0.05, 0) is 26.4 Å². The molecule has 0 saturated carbocycles. The molecule has 1 amide bonds. The molecule has 1 heterocycles. The number of rotatable bonds is 5. The van der Waals surface area contributed by atoms with Gasteiger partial charge in [0.15, 0.2) is 0 Å². The molecule has 15 heavy (non-hydrogen) atoms. The number of nitrogens with one attached hydrogen (secondary N) is 1. The van der Waals surface area contributed by atoms with Crippen LogP contribution in [0.25, 0.3) is 0 Å². The van der Waals surface area contributed by atoms with Gasteiger partial charge in [0.05, 0.1) is 0 Å². The van der Waals surface area contributed by atoms with E-state index in [4.69, 9.17) is 5.11 Å². The summed E-state index contributed by atoms with van der Waals surface area (Å²) in [6, 6.07) is 0.243. The van der Waals surface area contributed by atoms with Crippen LogP contribution in [0.15, 0.2) is 0 Å². The summed E-state index contributed by atoms with van der Waals surface area (Å²) in [7, 11) is 2.02. The molecule has 0 aromatic heterocycles. The lowest BCUT2D eigenvalue weighted by molar-refractivity contribution is -0.137. The normalized spacial score (nSPS) is 21.5. The number of carboxylic acids is 1. The average molecular weight is 214 g/mol. The highest BCUT2D eigenvalue weighted by molar-refractivity contribution is 5.77. The molecule has 5 nitrogen and oxygen atoms in total. The van der Waals surface area contributed by atoms with Gasteiger partial charge in [-0.25, -0.2) is 0 Å². The molecule has 1 aliphatic rings. The van der Waals surface area contributed by atoms with E-state index in [2.05, 4.69) is 10.2 Å². The van der Waals surface area contributed by atoms with E-state index in [1.165, 1.54) is 0 Å². The van der Waals surface area contributed by atoms with Crippen molar-refractivity contribution in [1.29, 1.82) is 0 Å². The molecule has 1 fully saturated rings. The van der Waals surface area contributed by atoms with Gasteiger partial charge in [-0.2, -0.15) is 0 Å². The maximum Gasteiger partial charge on any atom is 0.303 e. The predicted molar refractivity (Wildman–Crippen MR) is 55.5 cm³/mol. The molecule has 0 aromatic carbocycles. The molecular weight excluding hydrogens is 196 g/mol. The van der Waals surface area contributed by atoms with Crippen LogP contribution in [0.2, 0.25) is 0 Å². The maximum atomic E-state index is 11.4. The Kier molecular flexibility index (Phi) is 4.55. The van der Waals surface area contributed by atoms with E-state index < -0.39 is 5.97 Å². The van der Waals surface area contributed by atoms with Crippen LogP contribution in [-0.2, 0) is 9.59 Å². The van der Waals surface area contributed by atoms with Crippen LogP contribution >= 0.6 is 0 Å². The van der Waals surface area contributed by atoms with Gasteiger partial charge in [-0.1, -0.05) is 0 Å². The Labute approximate surface area is 89.4 Å². The maximum absolute atomic E-state index is 11.4. The summed E-state index contributed by atoms with van der Waals surface area (Å²) in [6.45, 7) is 1.91.